The normalized spacial score (nSPS) is 11.6. The molecule has 8 nitrogen and oxygen atoms in total. The summed E-state index contributed by atoms with van der Waals surface area (Å²) in [5.41, 5.74) is 1.77. The first-order valence-corrected chi connectivity index (χ1v) is 9.47. The molecule has 2 N–H and O–H groups in total. The summed E-state index contributed by atoms with van der Waals surface area (Å²) in [6.07, 6.45) is -0.859. The van der Waals surface area contributed by atoms with E-state index < -0.39 is 12.0 Å². The number of carbonyl (C=O) groups is 2. The second-order valence-electron chi connectivity index (χ2n) is 6.89. The summed E-state index contributed by atoms with van der Waals surface area (Å²) in [6.45, 7) is 4.77. The lowest BCUT2D eigenvalue weighted by atomic mass is 10.3. The number of ether oxygens (including phenoxy) is 1. The number of aromatic nitrogens is 2. The zero-order valence-electron chi connectivity index (χ0n) is 17.3. The molecule has 0 radical (unpaired) electrons. The lowest BCUT2D eigenvalue weighted by molar-refractivity contribution is -0.122. The van der Waals surface area contributed by atoms with E-state index in [4.69, 9.17) is 4.74 Å². The van der Waals surface area contributed by atoms with Crippen molar-refractivity contribution in [1.29, 1.82) is 0 Å². The third kappa shape index (κ3) is 4.43. The molecule has 0 unspecified atom stereocenters. The Morgan fingerprint density at radius 1 is 1.03 bits per heavy atom. The average molecular weight is 408 g/mol. The number of hydrogen-bond donors (Lipinski definition) is 2. The molecule has 0 aliphatic heterocycles. The molecule has 0 fully saturated rings. The van der Waals surface area contributed by atoms with E-state index in [0.29, 0.717) is 22.8 Å². The van der Waals surface area contributed by atoms with Crippen molar-refractivity contribution >= 4 is 23.2 Å². The minimum atomic E-state index is -0.859. The van der Waals surface area contributed by atoms with E-state index in [1.165, 1.54) is 11.6 Å². The standard InChI is InChI=1S/C22H24N4O4/c1-14-20(22(29)26(25(14)4)18-10-6-5-7-11-18)24-21(28)15(2)30-19-12-8-9-17(13-19)23-16(3)27/h5-13,15H,1-4H3,(H,23,27)(H,24,28)/t15-/m1/s1. The zero-order valence-corrected chi connectivity index (χ0v) is 17.3. The SMILES string of the molecule is CC(=O)Nc1cccc(O[C@H](C)C(=O)Nc2c(C)n(C)n(-c3ccccc3)c2=O)c1. The highest BCUT2D eigenvalue weighted by Crippen LogP contribution is 2.19. The molecule has 3 aromatic rings. The molecule has 0 spiro atoms. The third-order valence-electron chi connectivity index (χ3n) is 4.64. The first kappa shape index (κ1) is 20.9. The highest BCUT2D eigenvalue weighted by molar-refractivity contribution is 5.94. The Morgan fingerprint density at radius 3 is 2.40 bits per heavy atom. The third-order valence-corrected chi connectivity index (χ3v) is 4.64. The quantitative estimate of drug-likeness (QED) is 0.656. The molecule has 0 saturated carbocycles. The predicted octanol–water partition coefficient (Wildman–Crippen LogP) is 2.85. The van der Waals surface area contributed by atoms with Crippen LogP contribution in [0.15, 0.2) is 59.4 Å². The minimum Gasteiger partial charge on any atom is -0.481 e. The van der Waals surface area contributed by atoms with Crippen LogP contribution in [0.1, 0.15) is 19.5 Å². The Hall–Kier alpha value is -3.81. The smallest absolute Gasteiger partial charge is 0.295 e. The van der Waals surface area contributed by atoms with Crippen LogP contribution in [-0.2, 0) is 16.6 Å². The number of nitrogens with zero attached hydrogens (tertiary/aromatic N) is 2. The van der Waals surface area contributed by atoms with Crippen LogP contribution in [0, 0.1) is 6.92 Å². The maximum absolute atomic E-state index is 12.9. The predicted molar refractivity (Wildman–Crippen MR) is 115 cm³/mol. The van der Waals surface area contributed by atoms with Gasteiger partial charge in [-0.25, -0.2) is 4.68 Å². The molecule has 0 bridgehead atoms. The fourth-order valence-corrected chi connectivity index (χ4v) is 3.05. The van der Waals surface area contributed by atoms with Crippen LogP contribution >= 0.6 is 0 Å². The maximum atomic E-state index is 12.9. The lowest BCUT2D eigenvalue weighted by Gasteiger charge is -2.15. The van der Waals surface area contributed by atoms with Gasteiger partial charge in [0.15, 0.2) is 6.10 Å². The van der Waals surface area contributed by atoms with Crippen LogP contribution in [0.25, 0.3) is 5.69 Å². The van der Waals surface area contributed by atoms with Crippen molar-refractivity contribution in [1.82, 2.24) is 9.36 Å². The van der Waals surface area contributed by atoms with Gasteiger partial charge in [-0.05, 0) is 38.1 Å². The fourth-order valence-electron chi connectivity index (χ4n) is 3.05. The molecule has 3 rings (SSSR count). The first-order valence-electron chi connectivity index (χ1n) is 9.47. The van der Waals surface area contributed by atoms with Crippen molar-refractivity contribution in [3.05, 3.63) is 70.6 Å². The largest absolute Gasteiger partial charge is 0.481 e. The van der Waals surface area contributed by atoms with Gasteiger partial charge in [0.1, 0.15) is 11.4 Å². The van der Waals surface area contributed by atoms with Crippen molar-refractivity contribution in [3.8, 4) is 11.4 Å². The second kappa shape index (κ2) is 8.69. The van der Waals surface area contributed by atoms with Crippen molar-refractivity contribution in [2.75, 3.05) is 10.6 Å². The van der Waals surface area contributed by atoms with Crippen LogP contribution in [0.5, 0.6) is 5.75 Å². The van der Waals surface area contributed by atoms with E-state index >= 15 is 0 Å². The molecule has 30 heavy (non-hydrogen) atoms. The number of nitrogens with one attached hydrogen (secondary N) is 2. The van der Waals surface area contributed by atoms with E-state index in [2.05, 4.69) is 10.6 Å². The second-order valence-corrected chi connectivity index (χ2v) is 6.89. The van der Waals surface area contributed by atoms with Crippen molar-refractivity contribution in [3.63, 3.8) is 0 Å². The highest BCUT2D eigenvalue weighted by Gasteiger charge is 2.22. The highest BCUT2D eigenvalue weighted by atomic mass is 16.5. The van der Waals surface area contributed by atoms with Gasteiger partial charge in [-0.3, -0.25) is 19.1 Å². The fraction of sp³-hybridized carbons (Fsp3) is 0.227. The molecule has 8 heteroatoms. The molecular formula is C22H24N4O4. The maximum Gasteiger partial charge on any atom is 0.295 e. The van der Waals surface area contributed by atoms with E-state index in [1.807, 2.05) is 30.3 Å². The average Bonchev–Trinajstić information content (AvgIpc) is 2.91. The van der Waals surface area contributed by atoms with Crippen molar-refractivity contribution < 1.29 is 14.3 Å². The van der Waals surface area contributed by atoms with Crippen LogP contribution in [0.2, 0.25) is 0 Å². The Bertz CT molecular complexity index is 1130. The van der Waals surface area contributed by atoms with Gasteiger partial charge in [-0.1, -0.05) is 24.3 Å². The Labute approximate surface area is 174 Å². The Morgan fingerprint density at radius 2 is 1.73 bits per heavy atom. The molecule has 0 aliphatic rings. The number of rotatable bonds is 6. The van der Waals surface area contributed by atoms with Gasteiger partial charge in [-0.2, -0.15) is 0 Å². The number of carbonyl (C=O) groups excluding carboxylic acids is 2. The molecular weight excluding hydrogens is 384 g/mol. The summed E-state index contributed by atoms with van der Waals surface area (Å²) in [5, 5.41) is 5.35. The molecule has 156 valence electrons. The van der Waals surface area contributed by atoms with Gasteiger partial charge < -0.3 is 15.4 Å². The summed E-state index contributed by atoms with van der Waals surface area (Å²) >= 11 is 0. The number of para-hydroxylation sites is 1. The minimum absolute atomic E-state index is 0.202. The number of hydrogen-bond acceptors (Lipinski definition) is 4. The van der Waals surface area contributed by atoms with Gasteiger partial charge in [0.05, 0.1) is 11.4 Å². The van der Waals surface area contributed by atoms with Crippen molar-refractivity contribution in [2.24, 2.45) is 7.05 Å². The van der Waals surface area contributed by atoms with E-state index in [-0.39, 0.29) is 17.2 Å². The van der Waals surface area contributed by atoms with Crippen LogP contribution in [-0.4, -0.2) is 27.3 Å². The Kier molecular flexibility index (Phi) is 6.06. The molecule has 2 aromatic carbocycles. The summed E-state index contributed by atoms with van der Waals surface area (Å²) in [4.78, 5) is 36.8. The summed E-state index contributed by atoms with van der Waals surface area (Å²) in [5.74, 6) is -0.228. The topological polar surface area (TPSA) is 94.4 Å². The lowest BCUT2D eigenvalue weighted by Crippen LogP contribution is -2.32. The van der Waals surface area contributed by atoms with Gasteiger partial charge >= 0.3 is 0 Å². The van der Waals surface area contributed by atoms with Crippen LogP contribution in [0.3, 0.4) is 0 Å². The van der Waals surface area contributed by atoms with Gasteiger partial charge in [0.2, 0.25) is 5.91 Å². The molecule has 0 saturated heterocycles. The first-order chi connectivity index (χ1) is 14.3. The summed E-state index contributed by atoms with van der Waals surface area (Å²) in [6, 6.07) is 15.9. The molecule has 1 aromatic heterocycles. The number of benzene rings is 2. The molecule has 1 heterocycles. The monoisotopic (exact) mass is 408 g/mol. The van der Waals surface area contributed by atoms with E-state index in [0.717, 1.165) is 0 Å². The summed E-state index contributed by atoms with van der Waals surface area (Å²) in [7, 11) is 1.76. The Balaban J connectivity index is 1.78. The van der Waals surface area contributed by atoms with E-state index in [1.54, 1.807) is 49.8 Å². The van der Waals surface area contributed by atoms with Gasteiger partial charge in [-0.15, -0.1) is 0 Å². The summed E-state index contributed by atoms with van der Waals surface area (Å²) < 4.78 is 8.88. The molecule has 1 atom stereocenters. The number of anilines is 2. The molecule has 0 aliphatic carbocycles. The van der Waals surface area contributed by atoms with Crippen LogP contribution < -0.4 is 20.9 Å². The van der Waals surface area contributed by atoms with Gasteiger partial charge in [0.25, 0.3) is 11.5 Å². The molecule has 2 amide bonds. The van der Waals surface area contributed by atoms with Crippen LogP contribution in [0.4, 0.5) is 11.4 Å². The number of amides is 2. The van der Waals surface area contributed by atoms with Gasteiger partial charge in [0, 0.05) is 25.7 Å². The van der Waals surface area contributed by atoms with E-state index in [9.17, 15) is 14.4 Å². The van der Waals surface area contributed by atoms with Crippen molar-refractivity contribution in [2.45, 2.75) is 26.9 Å². The zero-order chi connectivity index (χ0) is 21.8.